The first-order valence-electron chi connectivity index (χ1n) is 5.20. The standard InChI is InChI=1S/C12H16FNO3/c1-14-10(7-12(15)17-3)9-6-8(13)4-5-11(9)16-2/h4-6,10,14H,7H2,1-3H3. The molecule has 1 aromatic rings. The van der Waals surface area contributed by atoms with Gasteiger partial charge in [-0.25, -0.2) is 4.39 Å². The fraction of sp³-hybridized carbons (Fsp3) is 0.417. The number of rotatable bonds is 5. The minimum Gasteiger partial charge on any atom is -0.496 e. The Kier molecular flexibility index (Phi) is 4.90. The van der Waals surface area contributed by atoms with Gasteiger partial charge in [-0.3, -0.25) is 4.79 Å². The summed E-state index contributed by atoms with van der Waals surface area (Å²) in [6.07, 6.45) is 0.118. The van der Waals surface area contributed by atoms with Crippen LogP contribution in [-0.4, -0.2) is 27.2 Å². The van der Waals surface area contributed by atoms with Crippen LogP contribution in [0.15, 0.2) is 18.2 Å². The lowest BCUT2D eigenvalue weighted by atomic mass is 10.0. The first kappa shape index (κ1) is 13.4. The molecule has 0 aliphatic rings. The van der Waals surface area contributed by atoms with Crippen LogP contribution >= 0.6 is 0 Å². The number of benzene rings is 1. The Morgan fingerprint density at radius 3 is 2.71 bits per heavy atom. The van der Waals surface area contributed by atoms with Gasteiger partial charge in [0.2, 0.25) is 0 Å². The molecule has 5 heteroatoms. The number of esters is 1. The quantitative estimate of drug-likeness (QED) is 0.796. The van der Waals surface area contributed by atoms with Gasteiger partial charge in [0, 0.05) is 11.6 Å². The average molecular weight is 241 g/mol. The number of ether oxygens (including phenoxy) is 2. The zero-order valence-corrected chi connectivity index (χ0v) is 10.1. The van der Waals surface area contributed by atoms with Crippen molar-refractivity contribution in [3.8, 4) is 5.75 Å². The minimum atomic E-state index is -0.370. The fourth-order valence-corrected chi connectivity index (χ4v) is 1.60. The molecule has 0 saturated heterocycles. The Morgan fingerprint density at radius 1 is 1.47 bits per heavy atom. The molecule has 0 heterocycles. The summed E-state index contributed by atoms with van der Waals surface area (Å²) in [4.78, 5) is 11.2. The first-order chi connectivity index (χ1) is 8.12. The van der Waals surface area contributed by atoms with E-state index in [0.717, 1.165) is 0 Å². The third-order valence-corrected chi connectivity index (χ3v) is 2.51. The van der Waals surface area contributed by atoms with E-state index in [4.69, 9.17) is 4.74 Å². The van der Waals surface area contributed by atoms with Gasteiger partial charge in [0.05, 0.1) is 20.6 Å². The summed E-state index contributed by atoms with van der Waals surface area (Å²) in [7, 11) is 4.51. The molecule has 94 valence electrons. The third kappa shape index (κ3) is 3.42. The molecule has 0 fully saturated rings. The number of hydrogen-bond acceptors (Lipinski definition) is 4. The lowest BCUT2D eigenvalue weighted by Crippen LogP contribution is -2.21. The van der Waals surface area contributed by atoms with Crippen molar-refractivity contribution in [3.63, 3.8) is 0 Å². The van der Waals surface area contributed by atoms with E-state index >= 15 is 0 Å². The summed E-state index contributed by atoms with van der Waals surface area (Å²) in [5, 5.41) is 2.94. The van der Waals surface area contributed by atoms with Crippen LogP contribution in [0.25, 0.3) is 0 Å². The minimum absolute atomic E-state index is 0.118. The second-order valence-electron chi connectivity index (χ2n) is 3.51. The maximum absolute atomic E-state index is 13.2. The largest absolute Gasteiger partial charge is 0.496 e. The monoisotopic (exact) mass is 241 g/mol. The van der Waals surface area contributed by atoms with Crippen LogP contribution in [-0.2, 0) is 9.53 Å². The van der Waals surface area contributed by atoms with Crippen LogP contribution in [0.5, 0.6) is 5.75 Å². The summed E-state index contributed by atoms with van der Waals surface area (Å²) in [5.41, 5.74) is 0.598. The molecule has 0 saturated carbocycles. The Balaban J connectivity index is 3.01. The van der Waals surface area contributed by atoms with Gasteiger partial charge in [0.15, 0.2) is 0 Å². The van der Waals surface area contributed by atoms with E-state index < -0.39 is 0 Å². The van der Waals surface area contributed by atoms with Gasteiger partial charge < -0.3 is 14.8 Å². The van der Waals surface area contributed by atoms with E-state index in [0.29, 0.717) is 11.3 Å². The molecule has 0 bridgehead atoms. The molecular weight excluding hydrogens is 225 g/mol. The lowest BCUT2D eigenvalue weighted by molar-refractivity contribution is -0.141. The van der Waals surface area contributed by atoms with Gasteiger partial charge in [-0.15, -0.1) is 0 Å². The predicted octanol–water partition coefficient (Wildman–Crippen LogP) is 1.66. The summed E-state index contributed by atoms with van der Waals surface area (Å²) in [6, 6.07) is 3.86. The number of carbonyl (C=O) groups is 1. The van der Waals surface area contributed by atoms with E-state index in [-0.39, 0.29) is 24.2 Å². The van der Waals surface area contributed by atoms with Gasteiger partial charge in [-0.2, -0.15) is 0 Å². The van der Waals surface area contributed by atoms with E-state index in [2.05, 4.69) is 10.1 Å². The number of hydrogen-bond donors (Lipinski definition) is 1. The van der Waals surface area contributed by atoms with Crippen LogP contribution in [0, 0.1) is 5.82 Å². The van der Waals surface area contributed by atoms with E-state index in [1.165, 1.54) is 32.4 Å². The summed E-state index contributed by atoms with van der Waals surface area (Å²) >= 11 is 0. The number of nitrogens with one attached hydrogen (secondary N) is 1. The van der Waals surface area contributed by atoms with Crippen molar-refractivity contribution >= 4 is 5.97 Å². The van der Waals surface area contributed by atoms with Crippen LogP contribution in [0.3, 0.4) is 0 Å². The maximum Gasteiger partial charge on any atom is 0.307 e. The maximum atomic E-state index is 13.2. The highest BCUT2D eigenvalue weighted by Crippen LogP contribution is 2.28. The molecule has 17 heavy (non-hydrogen) atoms. The van der Waals surface area contributed by atoms with Gasteiger partial charge in [-0.1, -0.05) is 0 Å². The number of carbonyl (C=O) groups excluding carboxylic acids is 1. The highest BCUT2D eigenvalue weighted by atomic mass is 19.1. The zero-order valence-electron chi connectivity index (χ0n) is 10.1. The molecule has 0 radical (unpaired) electrons. The highest BCUT2D eigenvalue weighted by Gasteiger charge is 2.19. The fourth-order valence-electron chi connectivity index (χ4n) is 1.60. The van der Waals surface area contributed by atoms with Gasteiger partial charge >= 0.3 is 5.97 Å². The van der Waals surface area contributed by atoms with Gasteiger partial charge in [-0.05, 0) is 25.2 Å². The van der Waals surface area contributed by atoms with Crippen molar-refractivity contribution in [1.82, 2.24) is 5.32 Å². The van der Waals surface area contributed by atoms with E-state index in [9.17, 15) is 9.18 Å². The predicted molar refractivity (Wildman–Crippen MR) is 61.4 cm³/mol. The molecule has 1 rings (SSSR count). The molecule has 1 unspecified atom stereocenters. The SMILES string of the molecule is CNC(CC(=O)OC)c1cc(F)ccc1OC. The smallest absolute Gasteiger partial charge is 0.307 e. The molecule has 0 aliphatic carbocycles. The number of halogens is 1. The summed E-state index contributed by atoms with van der Waals surface area (Å²) in [5.74, 6) is -0.198. The van der Waals surface area contributed by atoms with Crippen LogP contribution in [0.4, 0.5) is 4.39 Å². The molecule has 0 spiro atoms. The molecule has 1 aromatic carbocycles. The third-order valence-electron chi connectivity index (χ3n) is 2.51. The van der Waals surface area contributed by atoms with Crippen LogP contribution in [0.1, 0.15) is 18.0 Å². The first-order valence-corrected chi connectivity index (χ1v) is 5.20. The number of methoxy groups -OCH3 is 2. The molecule has 0 aromatic heterocycles. The average Bonchev–Trinajstić information content (AvgIpc) is 2.35. The normalized spacial score (nSPS) is 12.0. The van der Waals surface area contributed by atoms with E-state index in [1.54, 1.807) is 7.05 Å². The Morgan fingerprint density at radius 2 is 2.18 bits per heavy atom. The second-order valence-corrected chi connectivity index (χ2v) is 3.51. The van der Waals surface area contributed by atoms with Crippen molar-refractivity contribution in [1.29, 1.82) is 0 Å². The van der Waals surface area contributed by atoms with Crippen LogP contribution in [0.2, 0.25) is 0 Å². The van der Waals surface area contributed by atoms with Gasteiger partial charge in [0.25, 0.3) is 0 Å². The molecule has 1 N–H and O–H groups in total. The van der Waals surface area contributed by atoms with Crippen molar-refractivity contribution in [3.05, 3.63) is 29.6 Å². The molecule has 4 nitrogen and oxygen atoms in total. The Labute approximate surface area is 99.7 Å². The molecular formula is C12H16FNO3. The molecule has 0 amide bonds. The second kappa shape index (κ2) is 6.20. The van der Waals surface area contributed by atoms with Crippen molar-refractivity contribution in [2.75, 3.05) is 21.3 Å². The highest BCUT2D eigenvalue weighted by molar-refractivity contribution is 5.70. The lowest BCUT2D eigenvalue weighted by Gasteiger charge is -2.18. The van der Waals surface area contributed by atoms with Crippen molar-refractivity contribution in [2.45, 2.75) is 12.5 Å². The summed E-state index contributed by atoms with van der Waals surface area (Å²) < 4.78 is 22.9. The summed E-state index contributed by atoms with van der Waals surface area (Å²) in [6.45, 7) is 0. The van der Waals surface area contributed by atoms with Gasteiger partial charge in [0.1, 0.15) is 11.6 Å². The topological polar surface area (TPSA) is 47.6 Å². The van der Waals surface area contributed by atoms with Crippen molar-refractivity contribution in [2.24, 2.45) is 0 Å². The Hall–Kier alpha value is -1.62. The van der Waals surface area contributed by atoms with Crippen molar-refractivity contribution < 1.29 is 18.7 Å². The zero-order chi connectivity index (χ0) is 12.8. The molecule has 0 aliphatic heterocycles. The molecule has 1 atom stereocenters. The van der Waals surface area contributed by atoms with Crippen LogP contribution < -0.4 is 10.1 Å². The Bertz CT molecular complexity index is 395. The van der Waals surface area contributed by atoms with E-state index in [1.807, 2.05) is 0 Å².